The second-order valence-electron chi connectivity index (χ2n) is 7.23. The minimum Gasteiger partial charge on any atom is -0.457 e. The van der Waals surface area contributed by atoms with Crippen LogP contribution in [0.1, 0.15) is 22.3 Å². The fraction of sp³-hybridized carbons (Fsp3) is 0.0769. The molecule has 0 aliphatic heterocycles. The van der Waals surface area contributed by atoms with Gasteiger partial charge in [-0.2, -0.15) is 0 Å². The van der Waals surface area contributed by atoms with Crippen LogP contribution in [-0.4, -0.2) is 0 Å². The second-order valence-corrected chi connectivity index (χ2v) is 7.23. The highest BCUT2D eigenvalue weighted by molar-refractivity contribution is 5.43. The van der Waals surface area contributed by atoms with E-state index in [2.05, 4.69) is 48.5 Å². The summed E-state index contributed by atoms with van der Waals surface area (Å²) in [5.41, 5.74) is 18.0. The molecule has 0 aliphatic rings. The lowest BCUT2D eigenvalue weighted by Gasteiger charge is -2.09. The zero-order valence-corrected chi connectivity index (χ0v) is 16.2. The number of hydrogen-bond donors (Lipinski definition) is 2. The van der Waals surface area contributed by atoms with E-state index in [0.717, 1.165) is 35.7 Å². The highest BCUT2D eigenvalue weighted by atomic mass is 16.5. The average molecular weight is 380 g/mol. The Morgan fingerprint density at radius 2 is 0.690 bits per heavy atom. The van der Waals surface area contributed by atoms with Gasteiger partial charge in [0.1, 0.15) is 11.5 Å². The number of benzene rings is 4. The van der Waals surface area contributed by atoms with E-state index in [1.54, 1.807) is 0 Å². The number of nitrogen functional groups attached to an aromatic ring is 2. The quantitative estimate of drug-likeness (QED) is 0.414. The molecule has 144 valence electrons. The molecule has 0 bridgehead atoms. The molecule has 3 nitrogen and oxygen atoms in total. The Balaban J connectivity index is 1.36. The van der Waals surface area contributed by atoms with Crippen LogP contribution in [0.5, 0.6) is 11.5 Å². The summed E-state index contributed by atoms with van der Waals surface area (Å²) < 4.78 is 5.99. The molecule has 0 saturated carbocycles. The summed E-state index contributed by atoms with van der Waals surface area (Å²) in [6, 6.07) is 32.4. The maximum Gasteiger partial charge on any atom is 0.127 e. The van der Waals surface area contributed by atoms with Gasteiger partial charge < -0.3 is 16.2 Å². The van der Waals surface area contributed by atoms with E-state index in [9.17, 15) is 0 Å². The smallest absolute Gasteiger partial charge is 0.127 e. The van der Waals surface area contributed by atoms with Gasteiger partial charge in [-0.1, -0.05) is 48.5 Å². The molecule has 0 unspecified atom stereocenters. The topological polar surface area (TPSA) is 61.3 Å². The van der Waals surface area contributed by atoms with Gasteiger partial charge in [0, 0.05) is 11.4 Å². The Kier molecular flexibility index (Phi) is 5.48. The molecule has 0 aliphatic carbocycles. The van der Waals surface area contributed by atoms with Crippen molar-refractivity contribution in [2.75, 3.05) is 11.5 Å². The molecule has 0 radical (unpaired) electrons. The molecule has 0 saturated heterocycles. The van der Waals surface area contributed by atoms with Crippen molar-refractivity contribution in [2.24, 2.45) is 0 Å². The monoisotopic (exact) mass is 380 g/mol. The van der Waals surface area contributed by atoms with E-state index in [1.807, 2.05) is 48.5 Å². The summed E-state index contributed by atoms with van der Waals surface area (Å²) >= 11 is 0. The standard InChI is InChI=1S/C26H24N2O/c27-23-9-1-19(2-10-23)17-21-5-13-25(14-6-21)29-26-15-7-22(8-16-26)18-20-3-11-24(28)12-4-20/h1-16H,17-18,27-28H2. The Morgan fingerprint density at radius 1 is 0.414 bits per heavy atom. The predicted octanol–water partition coefficient (Wildman–Crippen LogP) is 5.82. The molecule has 29 heavy (non-hydrogen) atoms. The van der Waals surface area contributed by atoms with Crippen LogP contribution in [0.25, 0.3) is 0 Å². The summed E-state index contributed by atoms with van der Waals surface area (Å²) in [6.07, 6.45) is 1.75. The van der Waals surface area contributed by atoms with Crippen molar-refractivity contribution in [1.82, 2.24) is 0 Å². The van der Waals surface area contributed by atoms with Gasteiger partial charge in [0.2, 0.25) is 0 Å². The van der Waals surface area contributed by atoms with Crippen molar-refractivity contribution >= 4 is 11.4 Å². The molecule has 0 aromatic heterocycles. The molecule has 4 N–H and O–H groups in total. The minimum atomic E-state index is 0.789. The first-order chi connectivity index (χ1) is 14.1. The first kappa shape index (κ1) is 18.6. The Bertz CT molecular complexity index is 963. The third-order valence-corrected chi connectivity index (χ3v) is 4.86. The van der Waals surface area contributed by atoms with Crippen LogP contribution >= 0.6 is 0 Å². The van der Waals surface area contributed by atoms with E-state index in [1.165, 1.54) is 22.3 Å². The molecule has 3 heteroatoms. The number of ether oxygens (including phenoxy) is 1. The third kappa shape index (κ3) is 5.17. The average Bonchev–Trinajstić information content (AvgIpc) is 2.74. The minimum absolute atomic E-state index is 0.789. The van der Waals surface area contributed by atoms with Gasteiger partial charge in [-0.15, -0.1) is 0 Å². The summed E-state index contributed by atoms with van der Waals surface area (Å²) in [7, 11) is 0. The highest BCUT2D eigenvalue weighted by Crippen LogP contribution is 2.24. The van der Waals surface area contributed by atoms with Gasteiger partial charge in [-0.3, -0.25) is 0 Å². The van der Waals surface area contributed by atoms with Crippen LogP contribution in [0.15, 0.2) is 97.1 Å². The van der Waals surface area contributed by atoms with E-state index in [-0.39, 0.29) is 0 Å². The molecule has 0 heterocycles. The molecule has 0 atom stereocenters. The van der Waals surface area contributed by atoms with E-state index in [4.69, 9.17) is 16.2 Å². The summed E-state index contributed by atoms with van der Waals surface area (Å²) in [5, 5.41) is 0. The predicted molar refractivity (Wildman–Crippen MR) is 120 cm³/mol. The maximum atomic E-state index is 5.99. The third-order valence-electron chi connectivity index (χ3n) is 4.86. The van der Waals surface area contributed by atoms with Crippen molar-refractivity contribution in [3.05, 3.63) is 119 Å². The fourth-order valence-electron chi connectivity index (χ4n) is 3.23. The van der Waals surface area contributed by atoms with Gasteiger partial charge in [-0.25, -0.2) is 0 Å². The Hall–Kier alpha value is -3.72. The molecule has 0 fully saturated rings. The number of hydrogen-bond acceptors (Lipinski definition) is 3. The highest BCUT2D eigenvalue weighted by Gasteiger charge is 2.02. The molecule has 4 aromatic carbocycles. The second kappa shape index (κ2) is 8.53. The van der Waals surface area contributed by atoms with Crippen molar-refractivity contribution in [1.29, 1.82) is 0 Å². The first-order valence-corrected chi connectivity index (χ1v) is 9.69. The summed E-state index contributed by atoms with van der Waals surface area (Å²) in [4.78, 5) is 0. The van der Waals surface area contributed by atoms with Crippen molar-refractivity contribution < 1.29 is 4.74 Å². The fourth-order valence-corrected chi connectivity index (χ4v) is 3.23. The van der Waals surface area contributed by atoms with E-state index in [0.29, 0.717) is 0 Å². The SMILES string of the molecule is Nc1ccc(Cc2ccc(Oc3ccc(Cc4ccc(N)cc4)cc3)cc2)cc1. The molecule has 4 rings (SSSR count). The molecular formula is C26H24N2O. The van der Waals surface area contributed by atoms with Crippen molar-refractivity contribution in [3.8, 4) is 11.5 Å². The number of rotatable bonds is 6. The summed E-state index contributed by atoms with van der Waals surface area (Å²) in [5.74, 6) is 1.66. The number of anilines is 2. The molecular weight excluding hydrogens is 356 g/mol. The van der Waals surface area contributed by atoms with Crippen LogP contribution < -0.4 is 16.2 Å². The van der Waals surface area contributed by atoms with E-state index >= 15 is 0 Å². The summed E-state index contributed by atoms with van der Waals surface area (Å²) in [6.45, 7) is 0. The van der Waals surface area contributed by atoms with Gasteiger partial charge in [0.05, 0.1) is 0 Å². The van der Waals surface area contributed by atoms with Crippen LogP contribution in [0.3, 0.4) is 0 Å². The number of nitrogens with two attached hydrogens (primary N) is 2. The van der Waals surface area contributed by atoms with Crippen molar-refractivity contribution in [3.63, 3.8) is 0 Å². The van der Waals surface area contributed by atoms with Crippen LogP contribution in [0.2, 0.25) is 0 Å². The van der Waals surface area contributed by atoms with E-state index < -0.39 is 0 Å². The van der Waals surface area contributed by atoms with Gasteiger partial charge >= 0.3 is 0 Å². The van der Waals surface area contributed by atoms with Crippen LogP contribution in [-0.2, 0) is 12.8 Å². The largest absolute Gasteiger partial charge is 0.457 e. The van der Waals surface area contributed by atoms with Crippen molar-refractivity contribution in [2.45, 2.75) is 12.8 Å². The maximum absolute atomic E-state index is 5.99. The first-order valence-electron chi connectivity index (χ1n) is 9.69. The van der Waals surface area contributed by atoms with Gasteiger partial charge in [-0.05, 0) is 83.6 Å². The van der Waals surface area contributed by atoms with Gasteiger partial charge in [0.15, 0.2) is 0 Å². The molecule has 4 aromatic rings. The van der Waals surface area contributed by atoms with Gasteiger partial charge in [0.25, 0.3) is 0 Å². The zero-order chi connectivity index (χ0) is 20.1. The lowest BCUT2D eigenvalue weighted by Crippen LogP contribution is -1.91. The Labute approximate surface area is 171 Å². The zero-order valence-electron chi connectivity index (χ0n) is 16.2. The molecule has 0 amide bonds. The van der Waals surface area contributed by atoms with Crippen LogP contribution in [0, 0.1) is 0 Å². The van der Waals surface area contributed by atoms with Crippen LogP contribution in [0.4, 0.5) is 11.4 Å². The molecule has 0 spiro atoms. The normalized spacial score (nSPS) is 10.6. The lowest BCUT2D eigenvalue weighted by molar-refractivity contribution is 0.482. The Morgan fingerprint density at radius 3 is 1.00 bits per heavy atom. The lowest BCUT2D eigenvalue weighted by atomic mass is 10.0.